The third-order valence-electron chi connectivity index (χ3n) is 1.75. The van der Waals surface area contributed by atoms with E-state index in [4.69, 9.17) is 5.84 Å². The zero-order chi connectivity index (χ0) is 12.1. The maximum atomic E-state index is 13.2. The SMILES string of the molecule is COc1ccc(NC(=O)C(=O)NN)cc1F. The largest absolute Gasteiger partial charge is 0.494 e. The van der Waals surface area contributed by atoms with E-state index >= 15 is 0 Å². The van der Waals surface area contributed by atoms with Crippen LogP contribution in [0.1, 0.15) is 0 Å². The average Bonchev–Trinajstić information content (AvgIpc) is 2.28. The molecular formula is C9H10FN3O3. The lowest BCUT2D eigenvalue weighted by Gasteiger charge is -2.06. The fraction of sp³-hybridized carbons (Fsp3) is 0.111. The summed E-state index contributed by atoms with van der Waals surface area (Å²) in [6.07, 6.45) is 0. The molecule has 16 heavy (non-hydrogen) atoms. The highest BCUT2D eigenvalue weighted by molar-refractivity contribution is 6.39. The zero-order valence-electron chi connectivity index (χ0n) is 8.41. The van der Waals surface area contributed by atoms with Crippen LogP contribution in [0.25, 0.3) is 0 Å². The topological polar surface area (TPSA) is 93.4 Å². The smallest absolute Gasteiger partial charge is 0.323 e. The predicted octanol–water partition coefficient (Wildman–Crippen LogP) is -0.237. The van der Waals surface area contributed by atoms with Crippen LogP contribution in [0.15, 0.2) is 18.2 Å². The molecule has 0 aliphatic carbocycles. The van der Waals surface area contributed by atoms with Crippen LogP contribution in [0.5, 0.6) is 5.75 Å². The summed E-state index contributed by atoms with van der Waals surface area (Å²) in [6, 6.07) is 3.75. The minimum Gasteiger partial charge on any atom is -0.494 e. The lowest BCUT2D eigenvalue weighted by molar-refractivity contribution is -0.136. The summed E-state index contributed by atoms with van der Waals surface area (Å²) in [4.78, 5) is 21.8. The highest BCUT2D eigenvalue weighted by Gasteiger charge is 2.12. The highest BCUT2D eigenvalue weighted by atomic mass is 19.1. The molecule has 1 aromatic rings. The van der Waals surface area contributed by atoms with Gasteiger partial charge in [-0.25, -0.2) is 10.2 Å². The van der Waals surface area contributed by atoms with E-state index in [2.05, 4.69) is 10.1 Å². The first-order valence-corrected chi connectivity index (χ1v) is 4.24. The van der Waals surface area contributed by atoms with E-state index in [0.717, 1.165) is 6.07 Å². The molecule has 0 bridgehead atoms. The first-order valence-electron chi connectivity index (χ1n) is 4.24. The Bertz CT molecular complexity index is 422. The summed E-state index contributed by atoms with van der Waals surface area (Å²) in [5.41, 5.74) is 1.78. The van der Waals surface area contributed by atoms with Crippen LogP contribution < -0.4 is 21.3 Å². The second-order valence-electron chi connectivity index (χ2n) is 2.78. The molecule has 0 unspecified atom stereocenters. The van der Waals surface area contributed by atoms with Crippen LogP contribution in [-0.4, -0.2) is 18.9 Å². The van der Waals surface area contributed by atoms with Gasteiger partial charge in [0.05, 0.1) is 7.11 Å². The Balaban J connectivity index is 2.79. The fourth-order valence-electron chi connectivity index (χ4n) is 0.998. The van der Waals surface area contributed by atoms with Crippen molar-refractivity contribution < 1.29 is 18.7 Å². The van der Waals surface area contributed by atoms with Gasteiger partial charge in [-0.2, -0.15) is 0 Å². The third-order valence-corrected chi connectivity index (χ3v) is 1.75. The van der Waals surface area contributed by atoms with Crippen LogP contribution >= 0.6 is 0 Å². The summed E-state index contributed by atoms with van der Waals surface area (Å²) in [5.74, 6) is 2.15. The number of methoxy groups -OCH3 is 1. The second kappa shape index (κ2) is 5.08. The molecule has 1 aromatic carbocycles. The van der Waals surface area contributed by atoms with Crippen molar-refractivity contribution >= 4 is 17.5 Å². The Morgan fingerprint density at radius 2 is 2.06 bits per heavy atom. The first kappa shape index (κ1) is 11.9. The van der Waals surface area contributed by atoms with Gasteiger partial charge < -0.3 is 10.1 Å². The number of hydrogen-bond acceptors (Lipinski definition) is 4. The van der Waals surface area contributed by atoms with E-state index in [9.17, 15) is 14.0 Å². The minimum absolute atomic E-state index is 0.0428. The van der Waals surface area contributed by atoms with Crippen molar-refractivity contribution in [3.05, 3.63) is 24.0 Å². The molecule has 0 saturated carbocycles. The van der Waals surface area contributed by atoms with Gasteiger partial charge in [-0.3, -0.25) is 15.0 Å². The number of anilines is 1. The fourth-order valence-corrected chi connectivity index (χ4v) is 0.998. The Kier molecular flexibility index (Phi) is 3.78. The number of nitrogens with one attached hydrogen (secondary N) is 2. The molecule has 1 rings (SSSR count). The number of carbonyl (C=O) groups excluding carboxylic acids is 2. The highest BCUT2D eigenvalue weighted by Crippen LogP contribution is 2.20. The number of ether oxygens (including phenoxy) is 1. The van der Waals surface area contributed by atoms with Crippen molar-refractivity contribution in [1.29, 1.82) is 0 Å². The minimum atomic E-state index is -1.02. The van der Waals surface area contributed by atoms with Crippen molar-refractivity contribution in [2.24, 2.45) is 5.84 Å². The predicted molar refractivity (Wildman–Crippen MR) is 53.9 cm³/mol. The number of rotatable bonds is 2. The molecule has 0 saturated heterocycles. The Morgan fingerprint density at radius 3 is 2.56 bits per heavy atom. The van der Waals surface area contributed by atoms with Gasteiger partial charge >= 0.3 is 11.8 Å². The van der Waals surface area contributed by atoms with Gasteiger partial charge in [0.15, 0.2) is 11.6 Å². The number of amides is 2. The van der Waals surface area contributed by atoms with Crippen LogP contribution in [0.2, 0.25) is 0 Å². The summed E-state index contributed by atoms with van der Waals surface area (Å²) >= 11 is 0. The number of hydrogen-bond donors (Lipinski definition) is 3. The molecule has 0 radical (unpaired) electrons. The molecule has 4 N–H and O–H groups in total. The molecule has 86 valence electrons. The second-order valence-corrected chi connectivity index (χ2v) is 2.78. The van der Waals surface area contributed by atoms with Crippen LogP contribution in [0, 0.1) is 5.82 Å². The van der Waals surface area contributed by atoms with Crippen molar-refractivity contribution in [1.82, 2.24) is 5.43 Å². The van der Waals surface area contributed by atoms with Crippen molar-refractivity contribution in [2.45, 2.75) is 0 Å². The van der Waals surface area contributed by atoms with Crippen LogP contribution in [-0.2, 0) is 9.59 Å². The van der Waals surface area contributed by atoms with E-state index in [-0.39, 0.29) is 11.4 Å². The number of carbonyl (C=O) groups is 2. The van der Waals surface area contributed by atoms with Crippen LogP contribution in [0.3, 0.4) is 0 Å². The van der Waals surface area contributed by atoms with Crippen LogP contribution in [0.4, 0.5) is 10.1 Å². The lowest BCUT2D eigenvalue weighted by Crippen LogP contribution is -2.39. The molecule has 6 nitrogen and oxygen atoms in total. The Labute approximate surface area is 90.5 Å². The normalized spacial score (nSPS) is 9.44. The van der Waals surface area contributed by atoms with Gasteiger partial charge in [-0.15, -0.1) is 0 Å². The molecule has 0 fully saturated rings. The number of nitrogens with two attached hydrogens (primary N) is 1. The molecule has 7 heteroatoms. The monoisotopic (exact) mass is 227 g/mol. The zero-order valence-corrected chi connectivity index (χ0v) is 8.41. The van der Waals surface area contributed by atoms with Crippen molar-refractivity contribution in [2.75, 3.05) is 12.4 Å². The van der Waals surface area contributed by atoms with Gasteiger partial charge in [-0.05, 0) is 12.1 Å². The van der Waals surface area contributed by atoms with E-state index in [1.165, 1.54) is 19.2 Å². The quantitative estimate of drug-likeness (QED) is 0.281. The molecule has 0 atom stereocenters. The molecule has 0 spiro atoms. The maximum Gasteiger partial charge on any atom is 0.323 e. The molecule has 0 aliphatic heterocycles. The van der Waals surface area contributed by atoms with Gasteiger partial charge in [0.1, 0.15) is 0 Å². The number of benzene rings is 1. The van der Waals surface area contributed by atoms with E-state index < -0.39 is 17.6 Å². The molecule has 0 aromatic heterocycles. The van der Waals surface area contributed by atoms with Gasteiger partial charge in [0.2, 0.25) is 0 Å². The first-order chi connectivity index (χ1) is 7.58. The standard InChI is InChI=1S/C9H10FN3O3/c1-16-7-3-2-5(4-6(7)10)12-8(14)9(15)13-11/h2-4H,11H2,1H3,(H,12,14)(H,13,15). The van der Waals surface area contributed by atoms with Gasteiger partial charge in [-0.1, -0.05) is 0 Å². The lowest BCUT2D eigenvalue weighted by atomic mass is 10.3. The summed E-state index contributed by atoms with van der Waals surface area (Å²) in [5, 5.41) is 2.16. The van der Waals surface area contributed by atoms with E-state index in [0.29, 0.717) is 0 Å². The molecular weight excluding hydrogens is 217 g/mol. The maximum absolute atomic E-state index is 13.2. The average molecular weight is 227 g/mol. The number of halogens is 1. The summed E-state index contributed by atoms with van der Waals surface area (Å²) < 4.78 is 17.9. The van der Waals surface area contributed by atoms with Gasteiger partial charge in [0, 0.05) is 11.8 Å². The van der Waals surface area contributed by atoms with E-state index in [1.54, 1.807) is 5.43 Å². The van der Waals surface area contributed by atoms with Gasteiger partial charge in [0.25, 0.3) is 0 Å². The third kappa shape index (κ3) is 2.67. The molecule has 0 heterocycles. The molecule has 2 amide bonds. The molecule has 0 aliphatic rings. The van der Waals surface area contributed by atoms with Crippen molar-refractivity contribution in [3.8, 4) is 5.75 Å². The van der Waals surface area contributed by atoms with Crippen molar-refractivity contribution in [3.63, 3.8) is 0 Å². The Morgan fingerprint density at radius 1 is 1.38 bits per heavy atom. The Hall–Kier alpha value is -2.15. The summed E-state index contributed by atoms with van der Waals surface area (Å²) in [7, 11) is 1.32. The summed E-state index contributed by atoms with van der Waals surface area (Å²) in [6.45, 7) is 0. The van der Waals surface area contributed by atoms with E-state index in [1.807, 2.05) is 0 Å². The number of hydrazine groups is 1.